The van der Waals surface area contributed by atoms with Crippen molar-refractivity contribution in [3.05, 3.63) is 93.7 Å². The SMILES string of the molecule is Cc1cc(=O)c(C(=O)NC(Cc2ccccc2)C(=O)N2CCCC2)nn1-c1ccccc1F. The van der Waals surface area contributed by atoms with Gasteiger partial charge in [0.2, 0.25) is 11.3 Å². The number of benzene rings is 2. The molecule has 2 aromatic carbocycles. The Morgan fingerprint density at radius 1 is 1.06 bits per heavy atom. The molecule has 2 heterocycles. The summed E-state index contributed by atoms with van der Waals surface area (Å²) in [5.74, 6) is -1.49. The fourth-order valence-corrected chi connectivity index (χ4v) is 4.01. The van der Waals surface area contributed by atoms with E-state index >= 15 is 0 Å². The quantitative estimate of drug-likeness (QED) is 0.628. The van der Waals surface area contributed by atoms with Gasteiger partial charge in [0.15, 0.2) is 5.69 Å². The number of likely N-dealkylation sites (tertiary alicyclic amines) is 1. The number of hydrogen-bond acceptors (Lipinski definition) is 4. The van der Waals surface area contributed by atoms with Crippen LogP contribution in [-0.4, -0.2) is 45.6 Å². The highest BCUT2D eigenvalue weighted by Crippen LogP contribution is 2.15. The minimum absolute atomic E-state index is 0.123. The standard InChI is InChI=1S/C25H25FN4O3/c1-17-15-22(31)23(28-30(17)21-12-6-5-11-19(21)26)24(32)27-20(16-18-9-3-2-4-10-18)25(33)29-13-7-8-14-29/h2-6,9-12,15,20H,7-8,13-14,16H2,1H3,(H,27,32). The van der Waals surface area contributed by atoms with Gasteiger partial charge in [0.25, 0.3) is 5.91 Å². The van der Waals surface area contributed by atoms with Crippen LogP contribution < -0.4 is 10.7 Å². The minimum Gasteiger partial charge on any atom is -0.341 e. The van der Waals surface area contributed by atoms with Crippen molar-refractivity contribution in [3.8, 4) is 5.69 Å². The fraction of sp³-hybridized carbons (Fsp3) is 0.280. The van der Waals surface area contributed by atoms with E-state index in [2.05, 4.69) is 10.4 Å². The first kappa shape index (κ1) is 22.4. The van der Waals surface area contributed by atoms with E-state index in [-0.39, 0.29) is 18.0 Å². The summed E-state index contributed by atoms with van der Waals surface area (Å²) in [6, 6.07) is 15.7. The Hall–Kier alpha value is -3.81. The lowest BCUT2D eigenvalue weighted by molar-refractivity contribution is -0.132. The Morgan fingerprint density at radius 3 is 2.42 bits per heavy atom. The van der Waals surface area contributed by atoms with Crippen LogP contribution in [0.5, 0.6) is 0 Å². The molecule has 1 saturated heterocycles. The van der Waals surface area contributed by atoms with Gasteiger partial charge < -0.3 is 10.2 Å². The fourth-order valence-electron chi connectivity index (χ4n) is 4.01. The Balaban J connectivity index is 1.65. The van der Waals surface area contributed by atoms with Crippen LogP contribution >= 0.6 is 0 Å². The molecule has 7 nitrogen and oxygen atoms in total. The topological polar surface area (TPSA) is 84.3 Å². The van der Waals surface area contributed by atoms with Crippen molar-refractivity contribution in [2.75, 3.05) is 13.1 Å². The van der Waals surface area contributed by atoms with Crippen LogP contribution in [0.25, 0.3) is 5.69 Å². The van der Waals surface area contributed by atoms with E-state index in [4.69, 9.17) is 0 Å². The van der Waals surface area contributed by atoms with Gasteiger partial charge in [-0.15, -0.1) is 0 Å². The van der Waals surface area contributed by atoms with Gasteiger partial charge in [0, 0.05) is 31.3 Å². The number of halogens is 1. The number of aryl methyl sites for hydroxylation is 1. The molecular weight excluding hydrogens is 423 g/mol. The first-order valence-corrected chi connectivity index (χ1v) is 10.9. The zero-order valence-corrected chi connectivity index (χ0v) is 18.3. The predicted molar refractivity (Wildman–Crippen MR) is 122 cm³/mol. The van der Waals surface area contributed by atoms with E-state index in [0.29, 0.717) is 18.8 Å². The smallest absolute Gasteiger partial charge is 0.276 e. The third-order valence-electron chi connectivity index (χ3n) is 5.71. The number of rotatable bonds is 6. The monoisotopic (exact) mass is 448 g/mol. The normalized spacial score (nSPS) is 14.2. The molecular formula is C25H25FN4O3. The van der Waals surface area contributed by atoms with Crippen molar-refractivity contribution < 1.29 is 14.0 Å². The van der Waals surface area contributed by atoms with E-state index in [1.54, 1.807) is 24.0 Å². The molecule has 1 fully saturated rings. The van der Waals surface area contributed by atoms with E-state index < -0.39 is 28.9 Å². The van der Waals surface area contributed by atoms with Crippen molar-refractivity contribution in [3.63, 3.8) is 0 Å². The molecule has 1 aliphatic heterocycles. The summed E-state index contributed by atoms with van der Waals surface area (Å²) in [6.07, 6.45) is 2.13. The van der Waals surface area contributed by atoms with Crippen molar-refractivity contribution in [1.29, 1.82) is 0 Å². The molecule has 4 rings (SSSR count). The van der Waals surface area contributed by atoms with Crippen molar-refractivity contribution in [2.45, 2.75) is 32.2 Å². The van der Waals surface area contributed by atoms with Crippen LogP contribution in [0.1, 0.15) is 34.6 Å². The molecule has 0 aliphatic carbocycles. The first-order valence-electron chi connectivity index (χ1n) is 10.9. The molecule has 1 atom stereocenters. The highest BCUT2D eigenvalue weighted by molar-refractivity contribution is 5.96. The van der Waals surface area contributed by atoms with E-state index in [0.717, 1.165) is 18.4 Å². The average Bonchev–Trinajstić information content (AvgIpc) is 3.34. The predicted octanol–water partition coefficient (Wildman–Crippen LogP) is 2.64. The lowest BCUT2D eigenvalue weighted by Crippen LogP contribution is -2.50. The second kappa shape index (κ2) is 9.77. The maximum Gasteiger partial charge on any atom is 0.276 e. The number of hydrogen-bond donors (Lipinski definition) is 1. The molecule has 1 unspecified atom stereocenters. The zero-order chi connectivity index (χ0) is 23.4. The molecule has 0 bridgehead atoms. The lowest BCUT2D eigenvalue weighted by atomic mass is 10.0. The van der Waals surface area contributed by atoms with Gasteiger partial charge in [-0.05, 0) is 37.5 Å². The largest absolute Gasteiger partial charge is 0.341 e. The molecule has 3 aromatic rings. The molecule has 0 saturated carbocycles. The second-order valence-electron chi connectivity index (χ2n) is 8.11. The highest BCUT2D eigenvalue weighted by atomic mass is 19.1. The van der Waals surface area contributed by atoms with E-state index in [1.165, 1.54) is 22.9 Å². The average molecular weight is 448 g/mol. The molecule has 1 N–H and O–H groups in total. The molecule has 0 spiro atoms. The van der Waals surface area contributed by atoms with Crippen LogP contribution in [0.2, 0.25) is 0 Å². The number of carbonyl (C=O) groups is 2. The summed E-state index contributed by atoms with van der Waals surface area (Å²) >= 11 is 0. The van der Waals surface area contributed by atoms with E-state index in [1.807, 2.05) is 30.3 Å². The van der Waals surface area contributed by atoms with Gasteiger partial charge in [0.05, 0.1) is 0 Å². The molecule has 1 aliphatic rings. The first-order chi connectivity index (χ1) is 15.9. The van der Waals surface area contributed by atoms with Gasteiger partial charge >= 0.3 is 0 Å². The van der Waals surface area contributed by atoms with Crippen molar-refractivity contribution >= 4 is 11.8 Å². The molecule has 170 valence electrons. The number of amides is 2. The zero-order valence-electron chi connectivity index (χ0n) is 18.3. The third-order valence-corrected chi connectivity index (χ3v) is 5.71. The minimum atomic E-state index is -0.845. The highest BCUT2D eigenvalue weighted by Gasteiger charge is 2.29. The van der Waals surface area contributed by atoms with Gasteiger partial charge in [-0.25, -0.2) is 9.07 Å². The van der Waals surface area contributed by atoms with Gasteiger partial charge in [-0.3, -0.25) is 14.4 Å². The van der Waals surface area contributed by atoms with Crippen LogP contribution in [0.15, 0.2) is 65.5 Å². The van der Waals surface area contributed by atoms with Crippen LogP contribution in [0.4, 0.5) is 4.39 Å². The molecule has 8 heteroatoms. The third kappa shape index (κ3) is 5.00. The van der Waals surface area contributed by atoms with E-state index in [9.17, 15) is 18.8 Å². The van der Waals surface area contributed by atoms with Crippen molar-refractivity contribution in [2.24, 2.45) is 0 Å². The summed E-state index contributed by atoms with van der Waals surface area (Å²) in [4.78, 5) is 40.6. The number of carbonyl (C=O) groups excluding carboxylic acids is 2. The maximum atomic E-state index is 14.3. The molecule has 33 heavy (non-hydrogen) atoms. The Kier molecular flexibility index (Phi) is 6.63. The van der Waals surface area contributed by atoms with Crippen molar-refractivity contribution in [1.82, 2.24) is 20.0 Å². The van der Waals surface area contributed by atoms with Gasteiger partial charge in [0.1, 0.15) is 17.5 Å². The molecule has 1 aromatic heterocycles. The van der Waals surface area contributed by atoms with Crippen LogP contribution in [0, 0.1) is 12.7 Å². The number of nitrogens with zero attached hydrogens (tertiary/aromatic N) is 3. The second-order valence-corrected chi connectivity index (χ2v) is 8.11. The summed E-state index contributed by atoms with van der Waals surface area (Å²) in [5.41, 5.74) is 0.408. The van der Waals surface area contributed by atoms with Gasteiger partial charge in [-0.2, -0.15) is 5.10 Å². The summed E-state index contributed by atoms with van der Waals surface area (Å²) < 4.78 is 15.6. The summed E-state index contributed by atoms with van der Waals surface area (Å²) in [7, 11) is 0. The summed E-state index contributed by atoms with van der Waals surface area (Å²) in [6.45, 7) is 2.89. The van der Waals surface area contributed by atoms with Crippen LogP contribution in [0.3, 0.4) is 0 Å². The maximum absolute atomic E-state index is 14.3. The number of nitrogens with one attached hydrogen (secondary N) is 1. The van der Waals surface area contributed by atoms with Gasteiger partial charge in [-0.1, -0.05) is 42.5 Å². The molecule has 2 amide bonds. The molecule has 0 radical (unpaired) electrons. The summed E-state index contributed by atoms with van der Waals surface area (Å²) in [5, 5.41) is 6.86. The Bertz CT molecular complexity index is 1220. The Morgan fingerprint density at radius 2 is 1.73 bits per heavy atom. The lowest BCUT2D eigenvalue weighted by Gasteiger charge is -2.24. The Labute approximate surface area is 190 Å². The van der Waals surface area contributed by atoms with Crippen LogP contribution in [-0.2, 0) is 11.2 Å². The number of para-hydroxylation sites is 1. The number of aromatic nitrogens is 2.